The molecule has 3 heteroatoms. The van der Waals surface area contributed by atoms with Crippen LogP contribution in [0.25, 0.3) is 0 Å². The highest BCUT2D eigenvalue weighted by molar-refractivity contribution is 7.98. The van der Waals surface area contributed by atoms with Gasteiger partial charge in [-0.2, -0.15) is 0 Å². The van der Waals surface area contributed by atoms with E-state index < -0.39 is 0 Å². The van der Waals surface area contributed by atoms with Gasteiger partial charge in [0.2, 0.25) is 0 Å². The van der Waals surface area contributed by atoms with Crippen LogP contribution in [0, 0.1) is 5.82 Å². The number of hydrogen-bond acceptors (Lipinski definition) is 2. The van der Waals surface area contributed by atoms with E-state index in [9.17, 15) is 4.39 Å². The van der Waals surface area contributed by atoms with Crippen LogP contribution in [-0.4, -0.2) is 13.4 Å². The molecule has 0 saturated heterocycles. The molecule has 0 unspecified atom stereocenters. The molecule has 1 aromatic carbocycles. The monoisotopic (exact) mass is 214 g/mol. The maximum atomic E-state index is 13.5. The Kier molecular flexibility index (Phi) is 3.81. The molecule has 0 aliphatic carbocycles. The summed E-state index contributed by atoms with van der Waals surface area (Å²) >= 11 is 1.57. The van der Waals surface area contributed by atoms with E-state index in [1.165, 1.54) is 6.07 Å². The summed E-state index contributed by atoms with van der Waals surface area (Å²) in [6.45, 7) is 3.96. The van der Waals surface area contributed by atoms with Gasteiger partial charge in [0.1, 0.15) is 11.6 Å². The summed E-state index contributed by atoms with van der Waals surface area (Å²) in [6.07, 6.45) is 1.96. The van der Waals surface area contributed by atoms with E-state index in [0.717, 1.165) is 10.5 Å². The Labute approximate surface area is 88.7 Å². The van der Waals surface area contributed by atoms with E-state index in [0.29, 0.717) is 5.75 Å². The largest absolute Gasteiger partial charge is 0.495 e. The molecule has 14 heavy (non-hydrogen) atoms. The van der Waals surface area contributed by atoms with Gasteiger partial charge in [0.25, 0.3) is 0 Å². The molecule has 0 spiro atoms. The summed E-state index contributed by atoms with van der Waals surface area (Å²) in [5.41, 5.74) is 0.746. The molecule has 78 valence electrons. The number of halogens is 1. The third-order valence-corrected chi connectivity index (χ3v) is 2.88. The van der Waals surface area contributed by atoms with Crippen LogP contribution in [0.1, 0.15) is 25.3 Å². The Morgan fingerprint density at radius 3 is 2.43 bits per heavy atom. The molecule has 0 aliphatic heterocycles. The van der Waals surface area contributed by atoms with E-state index in [1.807, 2.05) is 26.2 Å². The summed E-state index contributed by atoms with van der Waals surface area (Å²) in [5.74, 6) is 0.626. The summed E-state index contributed by atoms with van der Waals surface area (Å²) in [4.78, 5) is 0.984. The van der Waals surface area contributed by atoms with Gasteiger partial charge in [-0.05, 0) is 23.8 Å². The Morgan fingerprint density at radius 1 is 1.36 bits per heavy atom. The van der Waals surface area contributed by atoms with E-state index >= 15 is 0 Å². The minimum Gasteiger partial charge on any atom is -0.495 e. The molecule has 0 N–H and O–H groups in total. The second kappa shape index (κ2) is 4.69. The molecular weight excluding hydrogens is 199 g/mol. The van der Waals surface area contributed by atoms with Crippen molar-refractivity contribution in [1.82, 2.24) is 0 Å². The fraction of sp³-hybridized carbons (Fsp3) is 0.455. The second-order valence-corrected chi connectivity index (χ2v) is 4.23. The first kappa shape index (κ1) is 11.4. The van der Waals surface area contributed by atoms with Gasteiger partial charge < -0.3 is 4.74 Å². The maximum Gasteiger partial charge on any atom is 0.135 e. The van der Waals surface area contributed by atoms with Crippen molar-refractivity contribution >= 4 is 11.8 Å². The van der Waals surface area contributed by atoms with Crippen molar-refractivity contribution in [3.63, 3.8) is 0 Å². The fourth-order valence-electron chi connectivity index (χ4n) is 1.31. The Morgan fingerprint density at radius 2 is 2.00 bits per heavy atom. The van der Waals surface area contributed by atoms with Crippen LogP contribution in [0.4, 0.5) is 4.39 Å². The number of thioether (sulfide) groups is 1. The third kappa shape index (κ3) is 2.21. The highest BCUT2D eigenvalue weighted by Crippen LogP contribution is 2.32. The molecule has 0 aromatic heterocycles. The first-order chi connectivity index (χ1) is 6.60. The first-order valence-corrected chi connectivity index (χ1v) is 5.74. The molecule has 1 rings (SSSR count). The summed E-state index contributed by atoms with van der Waals surface area (Å²) in [7, 11) is 1.56. The molecule has 0 fully saturated rings. The highest BCUT2D eigenvalue weighted by Gasteiger charge is 2.11. The zero-order valence-corrected chi connectivity index (χ0v) is 9.74. The average Bonchev–Trinajstić information content (AvgIpc) is 2.16. The maximum absolute atomic E-state index is 13.5. The van der Waals surface area contributed by atoms with Gasteiger partial charge in [0.05, 0.1) is 7.11 Å². The lowest BCUT2D eigenvalue weighted by atomic mass is 10.0. The molecule has 0 saturated carbocycles. The predicted molar refractivity (Wildman–Crippen MR) is 58.8 cm³/mol. The Hall–Kier alpha value is -0.700. The van der Waals surface area contributed by atoms with E-state index in [4.69, 9.17) is 4.74 Å². The summed E-state index contributed by atoms with van der Waals surface area (Å²) < 4.78 is 18.6. The predicted octanol–water partition coefficient (Wildman–Crippen LogP) is 3.68. The molecule has 0 atom stereocenters. The molecule has 0 bridgehead atoms. The lowest BCUT2D eigenvalue weighted by Gasteiger charge is -2.12. The molecule has 1 nitrogen and oxygen atoms in total. The Balaban J connectivity index is 3.23. The molecule has 1 aromatic rings. The van der Waals surface area contributed by atoms with Crippen molar-refractivity contribution < 1.29 is 9.13 Å². The van der Waals surface area contributed by atoms with Gasteiger partial charge in [0, 0.05) is 11.0 Å². The molecular formula is C11H15FOS. The normalized spacial score (nSPS) is 10.7. The molecule has 0 aliphatic rings. The SMILES string of the molecule is COc1cc(F)c(C(C)C)cc1SC. The lowest BCUT2D eigenvalue weighted by Crippen LogP contribution is -1.96. The number of rotatable bonds is 3. The van der Waals surface area contributed by atoms with Gasteiger partial charge in [-0.15, -0.1) is 11.8 Å². The standard InChI is InChI=1S/C11H15FOS/c1-7(2)8-5-11(14-4)10(13-3)6-9(8)12/h5-7H,1-4H3. The van der Waals surface area contributed by atoms with Crippen molar-refractivity contribution in [3.05, 3.63) is 23.5 Å². The van der Waals surface area contributed by atoms with Crippen LogP contribution < -0.4 is 4.74 Å². The number of ether oxygens (including phenoxy) is 1. The molecule has 0 radical (unpaired) electrons. The second-order valence-electron chi connectivity index (χ2n) is 3.38. The van der Waals surface area contributed by atoms with Gasteiger partial charge in [-0.1, -0.05) is 13.8 Å². The minimum atomic E-state index is -0.186. The van der Waals surface area contributed by atoms with Crippen LogP contribution in [0.5, 0.6) is 5.75 Å². The quantitative estimate of drug-likeness (QED) is 0.710. The number of benzene rings is 1. The third-order valence-electron chi connectivity index (χ3n) is 2.12. The number of hydrogen-bond donors (Lipinski definition) is 0. The van der Waals surface area contributed by atoms with Crippen molar-refractivity contribution in [2.24, 2.45) is 0 Å². The Bertz CT molecular complexity index is 323. The minimum absolute atomic E-state index is 0.186. The van der Waals surface area contributed by atoms with Crippen molar-refractivity contribution in [2.45, 2.75) is 24.7 Å². The van der Waals surface area contributed by atoms with Crippen molar-refractivity contribution in [2.75, 3.05) is 13.4 Å². The van der Waals surface area contributed by atoms with Gasteiger partial charge in [-0.3, -0.25) is 0 Å². The molecule has 0 amide bonds. The van der Waals surface area contributed by atoms with E-state index in [2.05, 4.69) is 0 Å². The van der Waals surface area contributed by atoms with Crippen molar-refractivity contribution in [1.29, 1.82) is 0 Å². The topological polar surface area (TPSA) is 9.23 Å². The van der Waals surface area contributed by atoms with Gasteiger partial charge >= 0.3 is 0 Å². The average molecular weight is 214 g/mol. The first-order valence-electron chi connectivity index (χ1n) is 4.51. The van der Waals surface area contributed by atoms with Crippen LogP contribution in [0.2, 0.25) is 0 Å². The summed E-state index contributed by atoms with van der Waals surface area (Å²) in [6, 6.07) is 3.32. The zero-order chi connectivity index (χ0) is 10.7. The van der Waals surface area contributed by atoms with Crippen molar-refractivity contribution in [3.8, 4) is 5.75 Å². The zero-order valence-electron chi connectivity index (χ0n) is 8.93. The highest BCUT2D eigenvalue weighted by atomic mass is 32.2. The van der Waals surface area contributed by atoms with E-state index in [-0.39, 0.29) is 11.7 Å². The van der Waals surface area contributed by atoms with E-state index in [1.54, 1.807) is 18.9 Å². The van der Waals surface area contributed by atoms with Crippen LogP contribution in [0.15, 0.2) is 17.0 Å². The van der Waals surface area contributed by atoms with Crippen LogP contribution in [0.3, 0.4) is 0 Å². The van der Waals surface area contributed by atoms with Crippen LogP contribution >= 0.6 is 11.8 Å². The van der Waals surface area contributed by atoms with Gasteiger partial charge in [0.15, 0.2) is 0 Å². The molecule has 0 heterocycles. The summed E-state index contributed by atoms with van der Waals surface area (Å²) in [5, 5.41) is 0. The number of methoxy groups -OCH3 is 1. The fourth-order valence-corrected chi connectivity index (χ4v) is 1.90. The smallest absolute Gasteiger partial charge is 0.135 e. The van der Waals surface area contributed by atoms with Gasteiger partial charge in [-0.25, -0.2) is 4.39 Å². The van der Waals surface area contributed by atoms with Crippen LogP contribution in [-0.2, 0) is 0 Å². The lowest BCUT2D eigenvalue weighted by molar-refractivity contribution is 0.400.